The molecule has 0 spiro atoms. The molecule has 0 unspecified atom stereocenters. The van der Waals surface area contributed by atoms with Gasteiger partial charge in [-0.3, -0.25) is 9.59 Å². The number of carbonyl (C=O) groups excluding carboxylic acids is 3. The number of ketones is 1. The van der Waals surface area contributed by atoms with Crippen molar-refractivity contribution in [1.82, 2.24) is 0 Å². The van der Waals surface area contributed by atoms with E-state index in [-0.39, 0.29) is 29.3 Å². The summed E-state index contributed by atoms with van der Waals surface area (Å²) in [5.41, 5.74) is 5.99. The first-order valence-electron chi connectivity index (χ1n) is 9.07. The minimum Gasteiger partial charge on any atom is -0.497 e. The number of hydrogen-bond donors (Lipinski definition) is 2. The number of hydrogen-bond acceptors (Lipinski definition) is 8. The number of nitrogens with one attached hydrogen (secondary N) is 1. The van der Waals surface area contributed by atoms with Crippen LogP contribution in [0, 0.1) is 11.3 Å². The fourth-order valence-corrected chi connectivity index (χ4v) is 2.39. The summed E-state index contributed by atoms with van der Waals surface area (Å²) in [6.45, 7) is 0.574. The SMILES string of the molecule is COc1cccc(NC(=O)COc2ccc(C(=O)OCC(=O)/C(C#N)=C(\C)N)cc2)c1. The number of benzene rings is 2. The Labute approximate surface area is 179 Å². The number of carbonyl (C=O) groups is 3. The standard InChI is InChI=1S/C22H21N3O6/c1-14(24)19(11-23)20(26)12-31-22(28)15-6-8-17(9-7-15)30-13-21(27)25-16-4-3-5-18(10-16)29-2/h3-10H,12-13,24H2,1-2H3,(H,25,27)/b19-14+. The van der Waals surface area contributed by atoms with Crippen LogP contribution in [0.5, 0.6) is 11.5 Å². The summed E-state index contributed by atoms with van der Waals surface area (Å²) >= 11 is 0. The molecule has 2 aromatic carbocycles. The van der Waals surface area contributed by atoms with Gasteiger partial charge in [0.15, 0.2) is 13.2 Å². The van der Waals surface area contributed by atoms with E-state index in [2.05, 4.69) is 5.32 Å². The first-order chi connectivity index (χ1) is 14.8. The molecule has 160 valence electrons. The second-order valence-electron chi connectivity index (χ2n) is 6.26. The molecule has 3 N–H and O–H groups in total. The van der Waals surface area contributed by atoms with Gasteiger partial charge in [0.1, 0.15) is 23.1 Å². The predicted molar refractivity (Wildman–Crippen MR) is 111 cm³/mol. The summed E-state index contributed by atoms with van der Waals surface area (Å²) in [6, 6.07) is 14.4. The third kappa shape index (κ3) is 6.90. The van der Waals surface area contributed by atoms with Crippen molar-refractivity contribution in [3.63, 3.8) is 0 Å². The summed E-state index contributed by atoms with van der Waals surface area (Å²) in [5.74, 6) is -0.824. The highest BCUT2D eigenvalue weighted by Crippen LogP contribution is 2.17. The number of nitrogens with two attached hydrogens (primary N) is 1. The molecule has 0 saturated carbocycles. The molecular weight excluding hydrogens is 402 g/mol. The Bertz CT molecular complexity index is 1030. The van der Waals surface area contributed by atoms with E-state index < -0.39 is 18.4 Å². The van der Waals surface area contributed by atoms with Gasteiger partial charge < -0.3 is 25.3 Å². The van der Waals surface area contributed by atoms with Gasteiger partial charge in [0.25, 0.3) is 5.91 Å². The number of anilines is 1. The number of nitrogens with zero attached hydrogens (tertiary/aromatic N) is 1. The molecule has 0 fully saturated rings. The molecule has 2 rings (SSSR count). The molecule has 9 nitrogen and oxygen atoms in total. The van der Waals surface area contributed by atoms with Crippen LogP contribution in [0.15, 0.2) is 59.8 Å². The maximum atomic E-state index is 12.0. The van der Waals surface area contributed by atoms with Crippen molar-refractivity contribution in [2.45, 2.75) is 6.92 Å². The van der Waals surface area contributed by atoms with Crippen LogP contribution >= 0.6 is 0 Å². The molecule has 0 aromatic heterocycles. The maximum Gasteiger partial charge on any atom is 0.338 e. The Morgan fingerprint density at radius 1 is 1.06 bits per heavy atom. The lowest BCUT2D eigenvalue weighted by Gasteiger charge is -2.09. The molecule has 0 aliphatic rings. The summed E-state index contributed by atoms with van der Waals surface area (Å²) in [5, 5.41) is 11.6. The van der Waals surface area contributed by atoms with Gasteiger partial charge in [-0.05, 0) is 43.3 Å². The Hall–Kier alpha value is -4.32. The van der Waals surface area contributed by atoms with E-state index in [0.29, 0.717) is 17.2 Å². The van der Waals surface area contributed by atoms with Crippen LogP contribution in [0.3, 0.4) is 0 Å². The van der Waals surface area contributed by atoms with Crippen molar-refractivity contribution >= 4 is 23.3 Å². The van der Waals surface area contributed by atoms with Crippen LogP contribution in [0.2, 0.25) is 0 Å². The lowest BCUT2D eigenvalue weighted by molar-refractivity contribution is -0.118. The molecular formula is C22H21N3O6. The number of nitriles is 1. The van der Waals surface area contributed by atoms with Crippen LogP contribution in [0.1, 0.15) is 17.3 Å². The first kappa shape index (κ1) is 23.0. The van der Waals surface area contributed by atoms with E-state index in [4.69, 9.17) is 25.2 Å². The molecule has 2 aromatic rings. The third-order valence-corrected chi connectivity index (χ3v) is 3.93. The van der Waals surface area contributed by atoms with Crippen molar-refractivity contribution in [2.24, 2.45) is 5.73 Å². The van der Waals surface area contributed by atoms with Gasteiger partial charge in [-0.15, -0.1) is 0 Å². The highest BCUT2D eigenvalue weighted by Gasteiger charge is 2.15. The number of methoxy groups -OCH3 is 1. The van der Waals surface area contributed by atoms with Crippen molar-refractivity contribution in [2.75, 3.05) is 25.6 Å². The van der Waals surface area contributed by atoms with Crippen molar-refractivity contribution in [3.8, 4) is 17.6 Å². The van der Waals surface area contributed by atoms with Gasteiger partial charge in [-0.2, -0.15) is 5.26 Å². The van der Waals surface area contributed by atoms with Crippen LogP contribution in [-0.2, 0) is 14.3 Å². The van der Waals surface area contributed by atoms with E-state index in [0.717, 1.165) is 0 Å². The highest BCUT2D eigenvalue weighted by molar-refractivity contribution is 6.02. The average Bonchev–Trinajstić information content (AvgIpc) is 2.76. The van der Waals surface area contributed by atoms with Gasteiger partial charge in [-0.1, -0.05) is 6.07 Å². The average molecular weight is 423 g/mol. The van der Waals surface area contributed by atoms with E-state index >= 15 is 0 Å². The molecule has 9 heteroatoms. The van der Waals surface area contributed by atoms with Crippen molar-refractivity contribution < 1.29 is 28.6 Å². The molecule has 0 aliphatic heterocycles. The number of rotatable bonds is 9. The third-order valence-electron chi connectivity index (χ3n) is 3.93. The zero-order valence-electron chi connectivity index (χ0n) is 17.0. The number of ether oxygens (including phenoxy) is 3. The highest BCUT2D eigenvalue weighted by atomic mass is 16.5. The molecule has 31 heavy (non-hydrogen) atoms. The Morgan fingerprint density at radius 2 is 1.77 bits per heavy atom. The predicted octanol–water partition coefficient (Wildman–Crippen LogP) is 2.19. The molecule has 0 bridgehead atoms. The van der Waals surface area contributed by atoms with Gasteiger partial charge in [-0.25, -0.2) is 4.79 Å². The smallest absolute Gasteiger partial charge is 0.338 e. The number of Topliss-reactive ketones (excluding diaryl/α,β-unsaturated/α-hetero) is 1. The molecule has 0 aliphatic carbocycles. The fourth-order valence-electron chi connectivity index (χ4n) is 2.39. The molecule has 0 heterocycles. The minimum atomic E-state index is -0.748. The fraction of sp³-hybridized carbons (Fsp3) is 0.182. The van der Waals surface area contributed by atoms with Crippen LogP contribution in [0.4, 0.5) is 5.69 Å². The number of esters is 1. The first-order valence-corrected chi connectivity index (χ1v) is 9.07. The van der Waals surface area contributed by atoms with E-state index in [1.807, 2.05) is 0 Å². The Kier molecular flexibility index (Phi) is 8.16. The Balaban J connectivity index is 1.85. The van der Waals surface area contributed by atoms with Gasteiger partial charge in [0.2, 0.25) is 5.78 Å². The normalized spacial score (nSPS) is 10.9. The molecule has 0 radical (unpaired) electrons. The van der Waals surface area contributed by atoms with E-state index in [1.54, 1.807) is 30.3 Å². The maximum absolute atomic E-state index is 12.0. The quantitative estimate of drug-likeness (QED) is 0.355. The van der Waals surface area contributed by atoms with Gasteiger partial charge in [0.05, 0.1) is 12.7 Å². The molecule has 0 saturated heterocycles. The van der Waals surface area contributed by atoms with Crippen LogP contribution in [0.25, 0.3) is 0 Å². The second-order valence-corrected chi connectivity index (χ2v) is 6.26. The van der Waals surface area contributed by atoms with Crippen LogP contribution in [-0.4, -0.2) is 38.0 Å². The summed E-state index contributed by atoms with van der Waals surface area (Å²) < 4.78 is 15.4. The van der Waals surface area contributed by atoms with Gasteiger partial charge in [0, 0.05) is 17.5 Å². The molecule has 0 atom stereocenters. The van der Waals surface area contributed by atoms with Gasteiger partial charge >= 0.3 is 5.97 Å². The second kappa shape index (κ2) is 11.0. The summed E-state index contributed by atoms with van der Waals surface area (Å²) in [7, 11) is 1.53. The zero-order valence-corrected chi connectivity index (χ0v) is 17.0. The number of allylic oxidation sites excluding steroid dienone is 1. The monoisotopic (exact) mass is 423 g/mol. The summed E-state index contributed by atoms with van der Waals surface area (Å²) in [4.78, 5) is 35.9. The lowest BCUT2D eigenvalue weighted by Crippen LogP contribution is -2.20. The lowest BCUT2D eigenvalue weighted by atomic mass is 10.1. The topological polar surface area (TPSA) is 141 Å². The minimum absolute atomic E-state index is 0.0560. The Morgan fingerprint density at radius 3 is 2.39 bits per heavy atom. The number of amides is 1. The zero-order chi connectivity index (χ0) is 22.8. The van der Waals surface area contributed by atoms with Crippen molar-refractivity contribution in [3.05, 3.63) is 65.4 Å². The van der Waals surface area contributed by atoms with Crippen molar-refractivity contribution in [1.29, 1.82) is 5.26 Å². The largest absolute Gasteiger partial charge is 0.497 e. The van der Waals surface area contributed by atoms with E-state index in [9.17, 15) is 14.4 Å². The van der Waals surface area contributed by atoms with E-state index in [1.165, 1.54) is 38.3 Å². The summed E-state index contributed by atoms with van der Waals surface area (Å²) in [6.07, 6.45) is 0. The van der Waals surface area contributed by atoms with Crippen LogP contribution < -0.4 is 20.5 Å². The molecule has 1 amide bonds.